The molecule has 0 spiro atoms. The number of benzene rings is 2. The molecule has 0 saturated heterocycles. The summed E-state index contributed by atoms with van der Waals surface area (Å²) in [7, 11) is 0. The summed E-state index contributed by atoms with van der Waals surface area (Å²) in [6, 6.07) is 7.90. The van der Waals surface area contributed by atoms with Gasteiger partial charge >= 0.3 is 0 Å². The molecule has 0 fully saturated rings. The Labute approximate surface area is 135 Å². The fourth-order valence-corrected chi connectivity index (χ4v) is 2.80. The van der Waals surface area contributed by atoms with Crippen molar-refractivity contribution in [1.29, 1.82) is 0 Å². The molecular weight excluding hydrogens is 337 g/mol. The van der Waals surface area contributed by atoms with Crippen molar-refractivity contribution in [3.8, 4) is 11.5 Å². The van der Waals surface area contributed by atoms with E-state index in [1.807, 2.05) is 0 Å². The number of anilines is 1. The topological polar surface area (TPSA) is 47.6 Å². The van der Waals surface area contributed by atoms with E-state index in [1.54, 1.807) is 18.2 Å². The highest BCUT2D eigenvalue weighted by Gasteiger charge is 2.18. The molecule has 0 saturated carbocycles. The number of rotatable bonds is 2. The second-order valence-corrected chi connectivity index (χ2v) is 5.52. The zero-order valence-corrected chi connectivity index (χ0v) is 12.7. The third kappa shape index (κ3) is 2.88. The van der Waals surface area contributed by atoms with Crippen LogP contribution in [0.2, 0.25) is 15.1 Å². The van der Waals surface area contributed by atoms with Crippen molar-refractivity contribution >= 4 is 46.4 Å². The quantitative estimate of drug-likeness (QED) is 0.864. The minimum Gasteiger partial charge on any atom is -0.454 e. The third-order valence-corrected chi connectivity index (χ3v) is 3.69. The van der Waals surface area contributed by atoms with Gasteiger partial charge in [0.05, 0.1) is 15.7 Å². The first-order chi connectivity index (χ1) is 10.0. The summed E-state index contributed by atoms with van der Waals surface area (Å²) in [4.78, 5) is 12.2. The molecule has 7 heteroatoms. The van der Waals surface area contributed by atoms with Gasteiger partial charge in [0.15, 0.2) is 11.5 Å². The Morgan fingerprint density at radius 2 is 1.67 bits per heavy atom. The molecule has 1 N–H and O–H groups in total. The van der Waals surface area contributed by atoms with Crippen LogP contribution in [0, 0.1) is 0 Å². The molecule has 0 bridgehead atoms. The van der Waals surface area contributed by atoms with E-state index in [0.29, 0.717) is 27.8 Å². The molecule has 0 atom stereocenters. The maximum Gasteiger partial charge on any atom is 0.255 e. The van der Waals surface area contributed by atoms with Crippen molar-refractivity contribution in [3.63, 3.8) is 0 Å². The van der Waals surface area contributed by atoms with Crippen LogP contribution < -0.4 is 14.8 Å². The molecule has 1 heterocycles. The van der Waals surface area contributed by atoms with Gasteiger partial charge in [0.25, 0.3) is 5.91 Å². The lowest BCUT2D eigenvalue weighted by Gasteiger charge is -2.10. The summed E-state index contributed by atoms with van der Waals surface area (Å²) < 4.78 is 10.4. The molecule has 3 rings (SSSR count). The Balaban J connectivity index is 1.87. The first kappa shape index (κ1) is 14.3. The van der Waals surface area contributed by atoms with Gasteiger partial charge in [-0.05, 0) is 30.3 Å². The Hall–Kier alpha value is -1.62. The number of nitrogens with one attached hydrogen (secondary N) is 1. The van der Waals surface area contributed by atoms with Crippen molar-refractivity contribution in [2.45, 2.75) is 0 Å². The van der Waals surface area contributed by atoms with Crippen molar-refractivity contribution < 1.29 is 14.3 Å². The Morgan fingerprint density at radius 1 is 1.00 bits per heavy atom. The van der Waals surface area contributed by atoms with E-state index in [0.717, 1.165) is 0 Å². The predicted octanol–water partition coefficient (Wildman–Crippen LogP) is 4.63. The third-order valence-electron chi connectivity index (χ3n) is 2.88. The fraction of sp³-hybridized carbons (Fsp3) is 0.0714. The second-order valence-electron chi connectivity index (χ2n) is 4.27. The number of carbonyl (C=O) groups is 1. The maximum absolute atomic E-state index is 12.2. The monoisotopic (exact) mass is 343 g/mol. The van der Waals surface area contributed by atoms with E-state index in [1.165, 1.54) is 12.1 Å². The van der Waals surface area contributed by atoms with Gasteiger partial charge in [-0.15, -0.1) is 0 Å². The summed E-state index contributed by atoms with van der Waals surface area (Å²) in [5, 5.41) is 3.58. The highest BCUT2D eigenvalue weighted by molar-refractivity contribution is 6.42. The number of amides is 1. The van der Waals surface area contributed by atoms with Gasteiger partial charge in [-0.25, -0.2) is 0 Å². The average molecular weight is 345 g/mol. The molecule has 0 aromatic heterocycles. The number of fused-ring (bicyclic) bond motifs is 1. The Kier molecular flexibility index (Phi) is 3.85. The summed E-state index contributed by atoms with van der Waals surface area (Å²) in [6.45, 7) is 0.148. The number of halogens is 3. The van der Waals surface area contributed by atoms with Crippen LogP contribution in [0.1, 0.15) is 10.4 Å². The normalized spacial score (nSPS) is 12.3. The van der Waals surface area contributed by atoms with Gasteiger partial charge in [0.1, 0.15) is 0 Å². The molecule has 2 aromatic carbocycles. The Bertz CT molecular complexity index is 710. The molecule has 21 heavy (non-hydrogen) atoms. The van der Waals surface area contributed by atoms with Crippen molar-refractivity contribution in [3.05, 3.63) is 51.0 Å². The fourth-order valence-electron chi connectivity index (χ4n) is 1.89. The molecular formula is C14H8Cl3NO3. The van der Waals surface area contributed by atoms with E-state index in [2.05, 4.69) is 5.32 Å². The smallest absolute Gasteiger partial charge is 0.255 e. The van der Waals surface area contributed by atoms with Gasteiger partial charge in [0.2, 0.25) is 6.79 Å². The van der Waals surface area contributed by atoms with Crippen LogP contribution in [-0.2, 0) is 0 Å². The van der Waals surface area contributed by atoms with E-state index in [-0.39, 0.29) is 22.7 Å². The standard InChI is InChI=1S/C14H8Cl3NO3/c15-8-4-9(16)13(10(17)5-8)18-14(19)7-1-2-11-12(3-7)21-6-20-11/h1-5H,6H2,(H,18,19). The van der Waals surface area contributed by atoms with Crippen LogP contribution in [0.25, 0.3) is 0 Å². The minimum absolute atomic E-state index is 0.148. The SMILES string of the molecule is O=C(Nc1c(Cl)cc(Cl)cc1Cl)c1ccc2c(c1)OCO2. The maximum atomic E-state index is 12.2. The van der Waals surface area contributed by atoms with Gasteiger partial charge in [-0.3, -0.25) is 4.79 Å². The lowest BCUT2D eigenvalue weighted by atomic mass is 10.2. The van der Waals surface area contributed by atoms with Crippen LogP contribution in [0.4, 0.5) is 5.69 Å². The van der Waals surface area contributed by atoms with E-state index in [9.17, 15) is 4.79 Å². The molecule has 0 radical (unpaired) electrons. The summed E-state index contributed by atoms with van der Waals surface area (Å²) in [5.41, 5.74) is 0.715. The zero-order chi connectivity index (χ0) is 15.0. The predicted molar refractivity (Wildman–Crippen MR) is 82.0 cm³/mol. The van der Waals surface area contributed by atoms with Gasteiger partial charge in [-0.2, -0.15) is 0 Å². The van der Waals surface area contributed by atoms with E-state index >= 15 is 0 Å². The van der Waals surface area contributed by atoms with Crippen LogP contribution in [0.3, 0.4) is 0 Å². The molecule has 108 valence electrons. The van der Waals surface area contributed by atoms with Gasteiger partial charge in [-0.1, -0.05) is 34.8 Å². The summed E-state index contributed by atoms with van der Waals surface area (Å²) in [6.07, 6.45) is 0. The highest BCUT2D eigenvalue weighted by Crippen LogP contribution is 2.35. The molecule has 1 aliphatic rings. The van der Waals surface area contributed by atoms with Crippen molar-refractivity contribution in [2.24, 2.45) is 0 Å². The highest BCUT2D eigenvalue weighted by atomic mass is 35.5. The first-order valence-corrected chi connectivity index (χ1v) is 7.03. The summed E-state index contributed by atoms with van der Waals surface area (Å²) >= 11 is 17.9. The number of hydrogen-bond donors (Lipinski definition) is 1. The van der Waals surface area contributed by atoms with Crippen molar-refractivity contribution in [2.75, 3.05) is 12.1 Å². The Morgan fingerprint density at radius 3 is 2.38 bits per heavy atom. The molecule has 2 aromatic rings. The minimum atomic E-state index is -0.362. The molecule has 0 unspecified atom stereocenters. The van der Waals surface area contributed by atoms with E-state index in [4.69, 9.17) is 44.3 Å². The average Bonchev–Trinajstić information content (AvgIpc) is 2.89. The largest absolute Gasteiger partial charge is 0.454 e. The zero-order valence-electron chi connectivity index (χ0n) is 10.5. The second kappa shape index (κ2) is 5.64. The molecule has 1 amide bonds. The number of ether oxygens (including phenoxy) is 2. The lowest BCUT2D eigenvalue weighted by molar-refractivity contribution is 0.102. The summed E-state index contributed by atoms with van der Waals surface area (Å²) in [5.74, 6) is 0.768. The van der Waals surface area contributed by atoms with Crippen LogP contribution >= 0.6 is 34.8 Å². The van der Waals surface area contributed by atoms with Crippen LogP contribution in [0.5, 0.6) is 11.5 Å². The van der Waals surface area contributed by atoms with Crippen LogP contribution in [0.15, 0.2) is 30.3 Å². The van der Waals surface area contributed by atoms with Crippen LogP contribution in [-0.4, -0.2) is 12.7 Å². The van der Waals surface area contributed by atoms with Gasteiger partial charge < -0.3 is 14.8 Å². The molecule has 1 aliphatic heterocycles. The molecule has 4 nitrogen and oxygen atoms in total. The van der Waals surface area contributed by atoms with E-state index < -0.39 is 0 Å². The first-order valence-electron chi connectivity index (χ1n) is 5.90. The molecule has 0 aliphatic carbocycles. The number of carbonyl (C=O) groups excluding carboxylic acids is 1. The number of hydrogen-bond acceptors (Lipinski definition) is 3. The van der Waals surface area contributed by atoms with Crippen molar-refractivity contribution in [1.82, 2.24) is 0 Å². The van der Waals surface area contributed by atoms with Gasteiger partial charge in [0, 0.05) is 10.6 Å². The lowest BCUT2D eigenvalue weighted by Crippen LogP contribution is -2.12.